The van der Waals surface area contributed by atoms with Crippen molar-refractivity contribution >= 4 is 16.8 Å². The van der Waals surface area contributed by atoms with Gasteiger partial charge in [0.25, 0.3) is 0 Å². The van der Waals surface area contributed by atoms with Crippen molar-refractivity contribution in [3.05, 3.63) is 23.8 Å². The van der Waals surface area contributed by atoms with Gasteiger partial charge in [-0.15, -0.1) is 0 Å². The molecule has 4 heteroatoms. The smallest absolute Gasteiger partial charge is 0.161 e. The van der Waals surface area contributed by atoms with Crippen LogP contribution in [0, 0.1) is 0 Å². The fourth-order valence-electron chi connectivity index (χ4n) is 1.19. The number of hydrogen-bond acceptors (Lipinski definition) is 3. The number of methoxy groups -OCH3 is 2. The van der Waals surface area contributed by atoms with Crippen molar-refractivity contribution in [1.29, 1.82) is 0 Å². The van der Waals surface area contributed by atoms with Crippen LogP contribution in [-0.4, -0.2) is 25.9 Å². The van der Waals surface area contributed by atoms with Gasteiger partial charge >= 0.3 is 0 Å². The van der Waals surface area contributed by atoms with E-state index in [2.05, 4.69) is 4.99 Å². The second kappa shape index (κ2) is 5.61. The molecule has 0 saturated carbocycles. The predicted octanol–water partition coefficient (Wildman–Crippen LogP) is 2.71. The Morgan fingerprint density at radius 3 is 2.47 bits per heavy atom. The normalized spacial score (nSPS) is 11.3. The second-order valence-corrected chi connectivity index (χ2v) is 3.19. The van der Waals surface area contributed by atoms with Gasteiger partial charge in [-0.25, -0.2) is 0 Å². The summed E-state index contributed by atoms with van der Waals surface area (Å²) in [5.41, 5.74) is 0.830. The highest BCUT2D eigenvalue weighted by molar-refractivity contribution is 6.69. The van der Waals surface area contributed by atoms with E-state index in [4.69, 9.17) is 21.1 Å². The van der Waals surface area contributed by atoms with Gasteiger partial charge in [-0.3, -0.25) is 4.99 Å². The molecule has 0 aliphatic rings. The van der Waals surface area contributed by atoms with E-state index in [1.54, 1.807) is 20.3 Å². The molecule has 82 valence electrons. The lowest BCUT2D eigenvalue weighted by Gasteiger charge is -2.08. The van der Waals surface area contributed by atoms with Gasteiger partial charge in [0.05, 0.1) is 14.2 Å². The fraction of sp³-hybridized carbons (Fsp3) is 0.364. The summed E-state index contributed by atoms with van der Waals surface area (Å²) < 4.78 is 10.3. The van der Waals surface area contributed by atoms with Crippen LogP contribution in [0.3, 0.4) is 0 Å². The predicted molar refractivity (Wildman–Crippen MR) is 62.5 cm³/mol. The van der Waals surface area contributed by atoms with Gasteiger partial charge in [0.1, 0.15) is 5.17 Å². The monoisotopic (exact) mass is 227 g/mol. The maximum absolute atomic E-state index is 5.98. The molecule has 0 fully saturated rings. The average Bonchev–Trinajstić information content (AvgIpc) is 2.28. The zero-order valence-corrected chi connectivity index (χ0v) is 9.84. The SMILES string of the molecule is CC/N=C(\Cl)c1ccc(OC)c(OC)c1. The summed E-state index contributed by atoms with van der Waals surface area (Å²) in [7, 11) is 3.19. The Kier molecular flexibility index (Phi) is 4.43. The number of benzene rings is 1. The zero-order chi connectivity index (χ0) is 11.3. The molecule has 0 heterocycles. The Labute approximate surface area is 94.7 Å². The first kappa shape index (κ1) is 11.9. The minimum Gasteiger partial charge on any atom is -0.493 e. The van der Waals surface area contributed by atoms with Crippen LogP contribution in [0.15, 0.2) is 23.2 Å². The Bertz CT molecular complexity index is 364. The van der Waals surface area contributed by atoms with E-state index in [1.807, 2.05) is 19.1 Å². The number of hydrogen-bond donors (Lipinski definition) is 0. The van der Waals surface area contributed by atoms with Crippen LogP contribution >= 0.6 is 11.6 Å². The number of ether oxygens (including phenoxy) is 2. The van der Waals surface area contributed by atoms with Crippen molar-refractivity contribution in [1.82, 2.24) is 0 Å². The maximum atomic E-state index is 5.98. The summed E-state index contributed by atoms with van der Waals surface area (Å²) in [6.45, 7) is 2.59. The Morgan fingerprint density at radius 2 is 1.93 bits per heavy atom. The first-order chi connectivity index (χ1) is 7.22. The Morgan fingerprint density at radius 1 is 1.27 bits per heavy atom. The molecule has 1 aromatic rings. The van der Waals surface area contributed by atoms with Gasteiger partial charge in [0.2, 0.25) is 0 Å². The van der Waals surface area contributed by atoms with Crippen LogP contribution < -0.4 is 9.47 Å². The molecule has 0 N–H and O–H groups in total. The second-order valence-electron chi connectivity index (χ2n) is 2.83. The van der Waals surface area contributed by atoms with E-state index in [1.165, 1.54) is 0 Å². The minimum atomic E-state index is 0.485. The molecule has 1 aromatic carbocycles. The van der Waals surface area contributed by atoms with Crippen molar-refractivity contribution in [2.45, 2.75) is 6.92 Å². The molecule has 15 heavy (non-hydrogen) atoms. The third-order valence-electron chi connectivity index (χ3n) is 1.92. The van der Waals surface area contributed by atoms with Crippen molar-refractivity contribution < 1.29 is 9.47 Å². The number of aliphatic imine (C=N–C) groups is 1. The van der Waals surface area contributed by atoms with Crippen LogP contribution in [0.5, 0.6) is 11.5 Å². The first-order valence-electron chi connectivity index (χ1n) is 4.65. The number of nitrogens with zero attached hydrogens (tertiary/aromatic N) is 1. The van der Waals surface area contributed by atoms with E-state index in [0.717, 1.165) is 5.56 Å². The third-order valence-corrected chi connectivity index (χ3v) is 2.26. The molecule has 0 atom stereocenters. The van der Waals surface area contributed by atoms with E-state index in [9.17, 15) is 0 Å². The lowest BCUT2D eigenvalue weighted by molar-refractivity contribution is 0.355. The molecule has 0 bridgehead atoms. The zero-order valence-electron chi connectivity index (χ0n) is 9.08. The molecule has 0 amide bonds. The molecule has 0 radical (unpaired) electrons. The summed E-state index contributed by atoms with van der Waals surface area (Å²) in [6.07, 6.45) is 0. The topological polar surface area (TPSA) is 30.8 Å². The van der Waals surface area contributed by atoms with Crippen molar-refractivity contribution in [3.8, 4) is 11.5 Å². The van der Waals surface area contributed by atoms with E-state index in [-0.39, 0.29) is 0 Å². The fourth-order valence-corrected chi connectivity index (χ4v) is 1.43. The van der Waals surface area contributed by atoms with Gasteiger partial charge in [-0.2, -0.15) is 0 Å². The summed E-state index contributed by atoms with van der Waals surface area (Å²) in [5.74, 6) is 1.33. The molecular formula is C11H14ClNO2. The van der Waals surface area contributed by atoms with E-state index < -0.39 is 0 Å². The third kappa shape index (κ3) is 2.86. The summed E-state index contributed by atoms with van der Waals surface area (Å²) in [6, 6.07) is 5.46. The molecule has 1 rings (SSSR count). The van der Waals surface area contributed by atoms with Crippen LogP contribution in [0.25, 0.3) is 0 Å². The van der Waals surface area contributed by atoms with Gasteiger partial charge in [0.15, 0.2) is 11.5 Å². The summed E-state index contributed by atoms with van der Waals surface area (Å²) in [5, 5.41) is 0.485. The van der Waals surface area contributed by atoms with E-state index >= 15 is 0 Å². The van der Waals surface area contributed by atoms with Crippen LogP contribution in [-0.2, 0) is 0 Å². The first-order valence-corrected chi connectivity index (χ1v) is 5.03. The highest BCUT2D eigenvalue weighted by Gasteiger charge is 2.06. The van der Waals surface area contributed by atoms with Crippen LogP contribution in [0.2, 0.25) is 0 Å². The van der Waals surface area contributed by atoms with Crippen molar-refractivity contribution in [2.75, 3.05) is 20.8 Å². The number of rotatable bonds is 4. The highest BCUT2D eigenvalue weighted by Crippen LogP contribution is 2.28. The Hall–Kier alpha value is -1.22. The molecule has 3 nitrogen and oxygen atoms in total. The molecule has 0 aliphatic carbocycles. The van der Waals surface area contributed by atoms with Gasteiger partial charge < -0.3 is 9.47 Å². The molecule has 0 aromatic heterocycles. The molecular weight excluding hydrogens is 214 g/mol. The highest BCUT2D eigenvalue weighted by atomic mass is 35.5. The van der Waals surface area contributed by atoms with Crippen LogP contribution in [0.1, 0.15) is 12.5 Å². The lowest BCUT2D eigenvalue weighted by atomic mass is 10.2. The van der Waals surface area contributed by atoms with E-state index in [0.29, 0.717) is 23.2 Å². The quantitative estimate of drug-likeness (QED) is 0.741. The minimum absolute atomic E-state index is 0.485. The van der Waals surface area contributed by atoms with Crippen molar-refractivity contribution in [3.63, 3.8) is 0 Å². The molecule has 0 unspecified atom stereocenters. The molecule has 0 saturated heterocycles. The van der Waals surface area contributed by atoms with Crippen LogP contribution in [0.4, 0.5) is 0 Å². The molecule has 0 aliphatic heterocycles. The molecule has 0 spiro atoms. The maximum Gasteiger partial charge on any atom is 0.161 e. The average molecular weight is 228 g/mol. The summed E-state index contributed by atoms with van der Waals surface area (Å²) in [4.78, 5) is 4.11. The van der Waals surface area contributed by atoms with Gasteiger partial charge in [0, 0.05) is 12.1 Å². The summed E-state index contributed by atoms with van der Waals surface area (Å²) >= 11 is 5.98. The van der Waals surface area contributed by atoms with Crippen molar-refractivity contribution in [2.24, 2.45) is 4.99 Å². The van der Waals surface area contributed by atoms with Gasteiger partial charge in [-0.05, 0) is 25.1 Å². The Balaban J connectivity index is 3.08. The van der Waals surface area contributed by atoms with Gasteiger partial charge in [-0.1, -0.05) is 11.6 Å². The largest absolute Gasteiger partial charge is 0.493 e. The number of halogens is 1. The lowest BCUT2D eigenvalue weighted by Crippen LogP contribution is -1.96. The standard InChI is InChI=1S/C11H14ClNO2/c1-4-13-11(12)8-5-6-9(14-2)10(7-8)15-3/h5-7H,4H2,1-3H3/b13-11-.